The first-order valence-corrected chi connectivity index (χ1v) is 5.52. The Balaban J connectivity index is 2.11. The minimum absolute atomic E-state index is 0.0441. The van der Waals surface area contributed by atoms with Crippen LogP contribution >= 0.6 is 11.8 Å². The van der Waals surface area contributed by atoms with E-state index in [2.05, 4.69) is 10.3 Å². The second kappa shape index (κ2) is 6.13. The van der Waals surface area contributed by atoms with Crippen molar-refractivity contribution in [1.29, 1.82) is 0 Å². The molecule has 6 heteroatoms. The number of carboxylic acids is 1. The van der Waals surface area contributed by atoms with Crippen molar-refractivity contribution >= 4 is 23.6 Å². The van der Waals surface area contributed by atoms with E-state index in [9.17, 15) is 9.59 Å². The van der Waals surface area contributed by atoms with E-state index in [-0.39, 0.29) is 17.4 Å². The Kier molecular flexibility index (Phi) is 4.76. The molecule has 3 N–H and O–H groups in total. The van der Waals surface area contributed by atoms with Crippen molar-refractivity contribution in [2.24, 2.45) is 0 Å². The van der Waals surface area contributed by atoms with Gasteiger partial charge >= 0.3 is 5.97 Å². The van der Waals surface area contributed by atoms with Crippen LogP contribution in [0.1, 0.15) is 5.56 Å². The van der Waals surface area contributed by atoms with E-state index >= 15 is 0 Å². The minimum atomic E-state index is -0.904. The standard InChI is InChI=1S/C9H12N2O3S/c12-8(5-15-6-9(13)14)11-4-7-1-2-10-3-7/h1-3,10H,4-6H2,(H,11,12)(H,13,14). The molecule has 0 aliphatic rings. The zero-order valence-corrected chi connectivity index (χ0v) is 8.84. The maximum absolute atomic E-state index is 11.2. The second-order valence-corrected chi connectivity index (χ2v) is 3.87. The summed E-state index contributed by atoms with van der Waals surface area (Å²) >= 11 is 1.09. The quantitative estimate of drug-likeness (QED) is 0.660. The number of carboxylic acid groups (broad SMARTS) is 1. The van der Waals surface area contributed by atoms with Gasteiger partial charge in [-0.15, -0.1) is 11.8 Å². The number of amides is 1. The summed E-state index contributed by atoms with van der Waals surface area (Å²) in [5.41, 5.74) is 0.992. The van der Waals surface area contributed by atoms with E-state index in [4.69, 9.17) is 5.11 Å². The van der Waals surface area contributed by atoms with Crippen LogP contribution in [0.15, 0.2) is 18.5 Å². The van der Waals surface area contributed by atoms with Crippen LogP contribution in [0, 0.1) is 0 Å². The number of rotatable bonds is 6. The smallest absolute Gasteiger partial charge is 0.313 e. The number of aromatic nitrogens is 1. The second-order valence-electron chi connectivity index (χ2n) is 2.88. The summed E-state index contributed by atoms with van der Waals surface area (Å²) in [6, 6.07) is 1.87. The number of hydrogen-bond acceptors (Lipinski definition) is 3. The highest BCUT2D eigenvalue weighted by atomic mass is 32.2. The summed E-state index contributed by atoms with van der Waals surface area (Å²) in [6.45, 7) is 0.468. The zero-order valence-electron chi connectivity index (χ0n) is 8.03. The molecule has 0 aromatic carbocycles. The van der Waals surface area contributed by atoms with E-state index in [1.165, 1.54) is 0 Å². The summed E-state index contributed by atoms with van der Waals surface area (Å²) in [5.74, 6) is -0.922. The van der Waals surface area contributed by atoms with Gasteiger partial charge in [0, 0.05) is 18.9 Å². The zero-order chi connectivity index (χ0) is 11.1. The third kappa shape index (κ3) is 5.11. The summed E-state index contributed by atoms with van der Waals surface area (Å²) < 4.78 is 0. The van der Waals surface area contributed by atoms with E-state index in [0.717, 1.165) is 17.3 Å². The van der Waals surface area contributed by atoms with Gasteiger partial charge in [0.25, 0.3) is 0 Å². The van der Waals surface area contributed by atoms with Gasteiger partial charge in [0.1, 0.15) is 0 Å². The summed E-state index contributed by atoms with van der Waals surface area (Å²) in [7, 11) is 0. The highest BCUT2D eigenvalue weighted by Crippen LogP contribution is 1.99. The Bertz CT molecular complexity index is 324. The van der Waals surface area contributed by atoms with Gasteiger partial charge in [0.05, 0.1) is 11.5 Å². The minimum Gasteiger partial charge on any atom is -0.481 e. The van der Waals surface area contributed by atoms with Crippen LogP contribution in [0.5, 0.6) is 0 Å². The SMILES string of the molecule is O=C(O)CSCC(=O)NCc1cc[nH]c1. The number of thioether (sulfide) groups is 1. The van der Waals surface area contributed by atoms with Crippen LogP contribution in [-0.2, 0) is 16.1 Å². The molecule has 1 aromatic rings. The lowest BCUT2D eigenvalue weighted by molar-refractivity contribution is -0.133. The molecule has 1 heterocycles. The van der Waals surface area contributed by atoms with E-state index in [1.54, 1.807) is 12.4 Å². The Labute approximate surface area is 91.3 Å². The molecule has 1 amide bonds. The van der Waals surface area contributed by atoms with Crippen molar-refractivity contribution in [3.63, 3.8) is 0 Å². The van der Waals surface area contributed by atoms with Crippen LogP contribution in [0.2, 0.25) is 0 Å². The lowest BCUT2D eigenvalue weighted by atomic mass is 10.3. The van der Waals surface area contributed by atoms with Crippen molar-refractivity contribution in [2.45, 2.75) is 6.54 Å². The van der Waals surface area contributed by atoms with Gasteiger partial charge in [0.2, 0.25) is 5.91 Å². The molecule has 0 spiro atoms. The van der Waals surface area contributed by atoms with Crippen LogP contribution in [0.3, 0.4) is 0 Å². The number of carbonyl (C=O) groups excluding carboxylic acids is 1. The van der Waals surface area contributed by atoms with Crippen LogP contribution in [0.4, 0.5) is 0 Å². The Morgan fingerprint density at radius 3 is 2.87 bits per heavy atom. The molecular weight excluding hydrogens is 216 g/mol. The van der Waals surface area contributed by atoms with E-state index < -0.39 is 5.97 Å². The Hall–Kier alpha value is -1.43. The van der Waals surface area contributed by atoms with E-state index in [0.29, 0.717) is 6.54 Å². The van der Waals surface area contributed by atoms with Crippen molar-refractivity contribution in [3.05, 3.63) is 24.0 Å². The van der Waals surface area contributed by atoms with Crippen LogP contribution in [-0.4, -0.2) is 33.5 Å². The third-order valence-corrected chi connectivity index (χ3v) is 2.53. The van der Waals surface area contributed by atoms with Gasteiger partial charge in [-0.2, -0.15) is 0 Å². The predicted octanol–water partition coefficient (Wildman–Crippen LogP) is 0.449. The summed E-state index contributed by atoms with van der Waals surface area (Å²) in [5, 5.41) is 11.0. The monoisotopic (exact) mass is 228 g/mol. The van der Waals surface area contributed by atoms with Crippen molar-refractivity contribution < 1.29 is 14.7 Å². The van der Waals surface area contributed by atoms with Gasteiger partial charge in [-0.25, -0.2) is 0 Å². The Morgan fingerprint density at radius 2 is 2.27 bits per heavy atom. The number of carbonyl (C=O) groups is 2. The molecule has 0 bridgehead atoms. The lowest BCUT2D eigenvalue weighted by Gasteiger charge is -2.02. The first-order valence-electron chi connectivity index (χ1n) is 4.36. The fraction of sp³-hybridized carbons (Fsp3) is 0.333. The molecule has 0 unspecified atom stereocenters. The maximum atomic E-state index is 11.2. The Morgan fingerprint density at radius 1 is 1.47 bits per heavy atom. The molecule has 82 valence electrons. The number of aliphatic carboxylic acids is 1. The highest BCUT2D eigenvalue weighted by Gasteiger charge is 2.03. The first kappa shape index (κ1) is 11.6. The van der Waals surface area contributed by atoms with Crippen LogP contribution < -0.4 is 5.32 Å². The molecule has 0 saturated heterocycles. The van der Waals surface area contributed by atoms with Gasteiger partial charge in [-0.05, 0) is 11.6 Å². The fourth-order valence-corrected chi connectivity index (χ4v) is 1.52. The first-order chi connectivity index (χ1) is 7.18. The number of aromatic amines is 1. The van der Waals surface area contributed by atoms with Gasteiger partial charge in [-0.1, -0.05) is 0 Å². The molecule has 0 aliphatic heterocycles. The molecule has 1 aromatic heterocycles. The molecular formula is C9H12N2O3S. The normalized spacial score (nSPS) is 9.87. The molecule has 1 rings (SSSR count). The third-order valence-electron chi connectivity index (χ3n) is 1.61. The lowest BCUT2D eigenvalue weighted by Crippen LogP contribution is -2.24. The largest absolute Gasteiger partial charge is 0.481 e. The van der Waals surface area contributed by atoms with Crippen molar-refractivity contribution in [1.82, 2.24) is 10.3 Å². The highest BCUT2D eigenvalue weighted by molar-refractivity contribution is 8.00. The van der Waals surface area contributed by atoms with E-state index in [1.807, 2.05) is 6.07 Å². The molecule has 0 radical (unpaired) electrons. The van der Waals surface area contributed by atoms with Crippen LogP contribution in [0.25, 0.3) is 0 Å². The number of nitrogens with one attached hydrogen (secondary N) is 2. The molecule has 0 fully saturated rings. The molecule has 0 aliphatic carbocycles. The van der Waals surface area contributed by atoms with Gasteiger partial charge in [-0.3, -0.25) is 9.59 Å². The average Bonchev–Trinajstić information content (AvgIpc) is 2.66. The number of hydrogen-bond donors (Lipinski definition) is 3. The average molecular weight is 228 g/mol. The molecule has 0 atom stereocenters. The van der Waals surface area contributed by atoms with Crippen molar-refractivity contribution in [3.8, 4) is 0 Å². The predicted molar refractivity (Wildman–Crippen MR) is 57.6 cm³/mol. The maximum Gasteiger partial charge on any atom is 0.313 e. The molecule has 5 nitrogen and oxygen atoms in total. The number of H-pyrrole nitrogens is 1. The summed E-state index contributed by atoms with van der Waals surface area (Å²) in [6.07, 6.45) is 3.57. The van der Waals surface area contributed by atoms with Crippen molar-refractivity contribution in [2.75, 3.05) is 11.5 Å². The fourth-order valence-electron chi connectivity index (χ4n) is 0.951. The molecule has 15 heavy (non-hydrogen) atoms. The molecule has 0 saturated carbocycles. The van der Waals surface area contributed by atoms with Gasteiger partial charge < -0.3 is 15.4 Å². The summed E-state index contributed by atoms with van der Waals surface area (Å²) in [4.78, 5) is 24.2. The topological polar surface area (TPSA) is 82.2 Å². The van der Waals surface area contributed by atoms with Gasteiger partial charge in [0.15, 0.2) is 0 Å².